The van der Waals surface area contributed by atoms with E-state index in [0.717, 1.165) is 19.4 Å². The largest absolute Gasteiger partial charge is 0.340 e. The molecular formula is C10H19NO. The van der Waals surface area contributed by atoms with Crippen molar-refractivity contribution in [2.45, 2.75) is 52.0 Å². The van der Waals surface area contributed by atoms with Crippen molar-refractivity contribution in [2.24, 2.45) is 0 Å². The Morgan fingerprint density at radius 3 is 2.75 bits per heavy atom. The van der Waals surface area contributed by atoms with E-state index in [1.807, 2.05) is 4.90 Å². The summed E-state index contributed by atoms with van der Waals surface area (Å²) in [4.78, 5) is 13.3. The van der Waals surface area contributed by atoms with E-state index in [0.29, 0.717) is 11.9 Å². The minimum Gasteiger partial charge on any atom is -0.340 e. The second kappa shape index (κ2) is 4.48. The monoisotopic (exact) mass is 169 g/mol. The van der Waals surface area contributed by atoms with Crippen LogP contribution in [0.5, 0.6) is 0 Å². The molecule has 1 atom stereocenters. The summed E-state index contributed by atoms with van der Waals surface area (Å²) >= 11 is 0. The van der Waals surface area contributed by atoms with E-state index in [1.54, 1.807) is 0 Å². The number of rotatable bonds is 4. The third kappa shape index (κ3) is 2.23. The van der Waals surface area contributed by atoms with E-state index >= 15 is 0 Å². The van der Waals surface area contributed by atoms with Crippen LogP contribution in [0.4, 0.5) is 0 Å². The molecule has 12 heavy (non-hydrogen) atoms. The second-order valence-corrected chi connectivity index (χ2v) is 3.68. The van der Waals surface area contributed by atoms with Crippen LogP contribution >= 0.6 is 0 Å². The lowest BCUT2D eigenvalue weighted by atomic mass is 10.2. The highest BCUT2D eigenvalue weighted by molar-refractivity contribution is 5.78. The number of carbonyl (C=O) groups excluding carboxylic acids is 1. The number of hydrogen-bond donors (Lipinski definition) is 0. The van der Waals surface area contributed by atoms with Crippen molar-refractivity contribution < 1.29 is 4.79 Å². The fourth-order valence-electron chi connectivity index (χ4n) is 1.75. The Morgan fingerprint density at radius 1 is 1.50 bits per heavy atom. The molecule has 0 aromatic carbocycles. The predicted molar refractivity (Wildman–Crippen MR) is 49.9 cm³/mol. The summed E-state index contributed by atoms with van der Waals surface area (Å²) in [5.41, 5.74) is 0. The molecule has 70 valence electrons. The Balaban J connectivity index is 2.25. The first-order chi connectivity index (χ1) is 5.75. The van der Waals surface area contributed by atoms with Crippen LogP contribution in [0.25, 0.3) is 0 Å². The highest BCUT2D eigenvalue weighted by atomic mass is 16.2. The molecule has 2 nitrogen and oxygen atoms in total. The van der Waals surface area contributed by atoms with E-state index in [2.05, 4.69) is 13.8 Å². The van der Waals surface area contributed by atoms with Crippen molar-refractivity contribution in [3.05, 3.63) is 0 Å². The van der Waals surface area contributed by atoms with Gasteiger partial charge in [0.2, 0.25) is 5.91 Å². The molecule has 0 saturated carbocycles. The molecule has 1 aliphatic heterocycles. The lowest BCUT2D eigenvalue weighted by molar-refractivity contribution is -0.128. The molecule has 0 radical (unpaired) electrons. The van der Waals surface area contributed by atoms with Crippen molar-refractivity contribution in [3.8, 4) is 0 Å². The highest BCUT2D eigenvalue weighted by Gasteiger charge is 2.26. The van der Waals surface area contributed by atoms with Crippen molar-refractivity contribution in [3.63, 3.8) is 0 Å². The molecule has 1 heterocycles. The Hall–Kier alpha value is -0.530. The van der Waals surface area contributed by atoms with Gasteiger partial charge in [0.1, 0.15) is 0 Å². The summed E-state index contributed by atoms with van der Waals surface area (Å²) in [5, 5.41) is 0. The summed E-state index contributed by atoms with van der Waals surface area (Å²) in [5.74, 6) is 0.360. The van der Waals surface area contributed by atoms with Gasteiger partial charge < -0.3 is 4.90 Å². The zero-order valence-corrected chi connectivity index (χ0v) is 8.18. The molecule has 1 amide bonds. The number of nitrogens with zero attached hydrogens (tertiary/aromatic N) is 1. The molecule has 0 aliphatic carbocycles. The Morgan fingerprint density at radius 2 is 2.25 bits per heavy atom. The second-order valence-electron chi connectivity index (χ2n) is 3.68. The van der Waals surface area contributed by atoms with Crippen LogP contribution in [0.1, 0.15) is 46.0 Å². The smallest absolute Gasteiger partial charge is 0.222 e. The van der Waals surface area contributed by atoms with Crippen LogP contribution in [-0.2, 0) is 4.79 Å². The van der Waals surface area contributed by atoms with E-state index in [4.69, 9.17) is 0 Å². The number of amides is 1. The Bertz CT molecular complexity index is 156. The van der Waals surface area contributed by atoms with Gasteiger partial charge in [-0.05, 0) is 19.8 Å². The standard InChI is InChI=1S/C10H19NO/c1-3-4-5-8-11-9(2)6-7-10(11)12/h9H,3-8H2,1-2H3. The summed E-state index contributed by atoms with van der Waals surface area (Å²) in [6.45, 7) is 5.32. The lowest BCUT2D eigenvalue weighted by Gasteiger charge is -2.21. The first kappa shape index (κ1) is 9.56. The van der Waals surface area contributed by atoms with Crippen LogP contribution < -0.4 is 0 Å². The van der Waals surface area contributed by atoms with Crippen LogP contribution in [-0.4, -0.2) is 23.4 Å². The SMILES string of the molecule is CCCCCN1C(=O)CCC1C. The molecule has 0 bridgehead atoms. The third-order valence-electron chi connectivity index (χ3n) is 2.63. The van der Waals surface area contributed by atoms with Gasteiger partial charge in [0, 0.05) is 19.0 Å². The molecule has 0 aromatic heterocycles. The molecule has 0 spiro atoms. The van der Waals surface area contributed by atoms with Gasteiger partial charge in [-0.15, -0.1) is 0 Å². The highest BCUT2D eigenvalue weighted by Crippen LogP contribution is 2.18. The number of carbonyl (C=O) groups is 1. The maximum Gasteiger partial charge on any atom is 0.222 e. The van der Waals surface area contributed by atoms with Crippen molar-refractivity contribution in [1.29, 1.82) is 0 Å². The molecule has 1 rings (SSSR count). The van der Waals surface area contributed by atoms with Crippen molar-refractivity contribution >= 4 is 5.91 Å². The van der Waals surface area contributed by atoms with E-state index in [-0.39, 0.29) is 0 Å². The topological polar surface area (TPSA) is 20.3 Å². The zero-order chi connectivity index (χ0) is 8.97. The molecule has 1 unspecified atom stereocenters. The van der Waals surface area contributed by atoms with E-state index < -0.39 is 0 Å². The molecule has 1 aliphatic rings. The van der Waals surface area contributed by atoms with Gasteiger partial charge in [-0.3, -0.25) is 4.79 Å². The van der Waals surface area contributed by atoms with Crippen LogP contribution in [0.2, 0.25) is 0 Å². The summed E-state index contributed by atoms with van der Waals surface area (Å²) < 4.78 is 0. The summed E-state index contributed by atoms with van der Waals surface area (Å²) in [6, 6.07) is 0.495. The van der Waals surface area contributed by atoms with Crippen molar-refractivity contribution in [1.82, 2.24) is 4.90 Å². The van der Waals surface area contributed by atoms with Gasteiger partial charge in [-0.2, -0.15) is 0 Å². The summed E-state index contributed by atoms with van der Waals surface area (Å²) in [6.07, 6.45) is 5.48. The van der Waals surface area contributed by atoms with Crippen LogP contribution in [0, 0.1) is 0 Å². The van der Waals surface area contributed by atoms with Gasteiger partial charge in [0.25, 0.3) is 0 Å². The number of likely N-dealkylation sites (tertiary alicyclic amines) is 1. The molecule has 0 aromatic rings. The first-order valence-corrected chi connectivity index (χ1v) is 5.05. The Labute approximate surface area is 74.9 Å². The maximum atomic E-state index is 11.3. The van der Waals surface area contributed by atoms with Crippen molar-refractivity contribution in [2.75, 3.05) is 6.54 Å². The molecule has 1 fully saturated rings. The number of unbranched alkanes of at least 4 members (excludes halogenated alkanes) is 2. The van der Waals surface area contributed by atoms with E-state index in [9.17, 15) is 4.79 Å². The van der Waals surface area contributed by atoms with E-state index in [1.165, 1.54) is 19.3 Å². The Kier molecular flexibility index (Phi) is 3.57. The van der Waals surface area contributed by atoms with Crippen LogP contribution in [0.15, 0.2) is 0 Å². The average molecular weight is 169 g/mol. The quantitative estimate of drug-likeness (QED) is 0.591. The average Bonchev–Trinajstić information content (AvgIpc) is 2.35. The van der Waals surface area contributed by atoms with Gasteiger partial charge >= 0.3 is 0 Å². The number of hydrogen-bond acceptors (Lipinski definition) is 1. The van der Waals surface area contributed by atoms with Gasteiger partial charge in [-0.1, -0.05) is 19.8 Å². The van der Waals surface area contributed by atoms with Crippen LogP contribution in [0.3, 0.4) is 0 Å². The minimum absolute atomic E-state index is 0.360. The predicted octanol–water partition coefficient (Wildman–Crippen LogP) is 2.19. The van der Waals surface area contributed by atoms with Gasteiger partial charge in [0.05, 0.1) is 0 Å². The molecule has 2 heteroatoms. The maximum absolute atomic E-state index is 11.3. The first-order valence-electron chi connectivity index (χ1n) is 5.05. The summed E-state index contributed by atoms with van der Waals surface area (Å²) in [7, 11) is 0. The third-order valence-corrected chi connectivity index (χ3v) is 2.63. The molecule has 1 saturated heterocycles. The lowest BCUT2D eigenvalue weighted by Crippen LogP contribution is -2.31. The van der Waals surface area contributed by atoms with Gasteiger partial charge in [-0.25, -0.2) is 0 Å². The zero-order valence-electron chi connectivity index (χ0n) is 8.18. The fourth-order valence-corrected chi connectivity index (χ4v) is 1.75. The van der Waals surface area contributed by atoms with Gasteiger partial charge in [0.15, 0.2) is 0 Å². The normalized spacial score (nSPS) is 23.7. The fraction of sp³-hybridized carbons (Fsp3) is 0.900. The molecular weight excluding hydrogens is 150 g/mol. The molecule has 0 N–H and O–H groups in total. The minimum atomic E-state index is 0.360.